The van der Waals surface area contributed by atoms with Crippen molar-refractivity contribution in [1.29, 1.82) is 0 Å². The molecule has 2 aliphatic heterocycles. The average Bonchev–Trinajstić information content (AvgIpc) is 3.30. The van der Waals surface area contributed by atoms with Gasteiger partial charge in [0.05, 0.1) is 31.1 Å². The van der Waals surface area contributed by atoms with E-state index in [1.807, 2.05) is 0 Å². The molecule has 2 saturated heterocycles. The minimum absolute atomic E-state index is 0.0451. The lowest BCUT2D eigenvalue weighted by Crippen LogP contribution is -2.42. The molecule has 0 aromatic carbocycles. The molecule has 35 heavy (non-hydrogen) atoms. The molecule has 0 radical (unpaired) electrons. The zero-order chi connectivity index (χ0) is 25.1. The van der Waals surface area contributed by atoms with Gasteiger partial charge in [-0.25, -0.2) is 4.79 Å². The number of rotatable bonds is 7. The largest absolute Gasteiger partial charge is 0.507 e. The van der Waals surface area contributed by atoms with Crippen LogP contribution in [0.15, 0.2) is 30.0 Å². The Bertz CT molecular complexity index is 1150. The molecule has 4 heterocycles. The number of esters is 1. The Morgan fingerprint density at radius 2 is 1.97 bits per heavy atom. The van der Waals surface area contributed by atoms with Gasteiger partial charge in [0.15, 0.2) is 0 Å². The van der Waals surface area contributed by atoms with E-state index >= 15 is 0 Å². The molecule has 2 aromatic heterocycles. The molecular formula is C25H30N4O6. The summed E-state index contributed by atoms with van der Waals surface area (Å²) in [7, 11) is 0. The second-order valence-corrected chi connectivity index (χ2v) is 8.55. The highest BCUT2D eigenvalue weighted by molar-refractivity contribution is 6.46. The molecule has 10 heteroatoms. The normalized spacial score (nSPS) is 20.4. The lowest BCUT2D eigenvalue weighted by atomic mass is 9.96. The van der Waals surface area contributed by atoms with Crippen molar-refractivity contribution in [1.82, 2.24) is 19.8 Å². The number of Topliss-reactive ketones (excluding diaryl/α,β-unsaturated/α-hetero) is 1. The topological polar surface area (TPSA) is 125 Å². The van der Waals surface area contributed by atoms with Gasteiger partial charge in [0.25, 0.3) is 11.7 Å². The minimum atomic E-state index is -0.850. The fourth-order valence-corrected chi connectivity index (χ4v) is 4.68. The SMILES string of the molecule is CCOC(=O)c1[nH]c(C)c(C(O)=C2C(=O)C(=O)N(CCN3CCOCC3)[C@@H]2c2ccccn2)c1C. The lowest BCUT2D eigenvalue weighted by Gasteiger charge is -2.30. The van der Waals surface area contributed by atoms with Crippen LogP contribution in [-0.4, -0.2) is 88.5 Å². The van der Waals surface area contributed by atoms with Gasteiger partial charge in [-0.2, -0.15) is 0 Å². The second kappa shape index (κ2) is 10.4. The molecular weight excluding hydrogens is 452 g/mol. The highest BCUT2D eigenvalue weighted by Crippen LogP contribution is 2.40. The first-order chi connectivity index (χ1) is 16.8. The van der Waals surface area contributed by atoms with Crippen LogP contribution >= 0.6 is 0 Å². The van der Waals surface area contributed by atoms with Crippen molar-refractivity contribution < 1.29 is 29.0 Å². The number of nitrogens with zero attached hydrogens (tertiary/aromatic N) is 3. The van der Waals surface area contributed by atoms with Gasteiger partial charge < -0.3 is 24.5 Å². The average molecular weight is 483 g/mol. The first-order valence-electron chi connectivity index (χ1n) is 11.7. The Hall–Kier alpha value is -3.50. The third kappa shape index (κ3) is 4.71. The summed E-state index contributed by atoms with van der Waals surface area (Å²) in [4.78, 5) is 49.8. The van der Waals surface area contributed by atoms with Crippen LogP contribution in [0.4, 0.5) is 0 Å². The van der Waals surface area contributed by atoms with Crippen molar-refractivity contribution >= 4 is 23.4 Å². The van der Waals surface area contributed by atoms with Gasteiger partial charge in [-0.05, 0) is 38.5 Å². The molecule has 2 aromatic rings. The van der Waals surface area contributed by atoms with Gasteiger partial charge in [0, 0.05) is 43.6 Å². The summed E-state index contributed by atoms with van der Waals surface area (Å²) in [6.07, 6.45) is 1.59. The van der Waals surface area contributed by atoms with Crippen LogP contribution < -0.4 is 0 Å². The van der Waals surface area contributed by atoms with Gasteiger partial charge in [0.2, 0.25) is 0 Å². The van der Waals surface area contributed by atoms with Crippen LogP contribution in [0.1, 0.15) is 46.0 Å². The zero-order valence-corrected chi connectivity index (χ0v) is 20.2. The van der Waals surface area contributed by atoms with Crippen molar-refractivity contribution in [3.8, 4) is 0 Å². The molecule has 10 nitrogen and oxygen atoms in total. The molecule has 1 amide bonds. The molecule has 0 saturated carbocycles. The number of aryl methyl sites for hydroxylation is 1. The van der Waals surface area contributed by atoms with E-state index in [0.717, 1.165) is 13.1 Å². The third-order valence-electron chi connectivity index (χ3n) is 6.42. The summed E-state index contributed by atoms with van der Waals surface area (Å²) in [5, 5.41) is 11.4. The number of aromatic amines is 1. The molecule has 4 rings (SSSR count). The number of H-pyrrole nitrogens is 1. The van der Waals surface area contributed by atoms with E-state index in [4.69, 9.17) is 9.47 Å². The van der Waals surface area contributed by atoms with Gasteiger partial charge >= 0.3 is 5.97 Å². The molecule has 2 aliphatic rings. The number of pyridine rings is 1. The minimum Gasteiger partial charge on any atom is -0.507 e. The Kier molecular flexibility index (Phi) is 7.32. The Balaban J connectivity index is 1.77. The van der Waals surface area contributed by atoms with Gasteiger partial charge in [-0.1, -0.05) is 6.07 Å². The van der Waals surface area contributed by atoms with Crippen LogP contribution in [0, 0.1) is 13.8 Å². The maximum absolute atomic E-state index is 13.3. The quantitative estimate of drug-likeness (QED) is 0.266. The van der Waals surface area contributed by atoms with E-state index in [2.05, 4.69) is 14.9 Å². The maximum Gasteiger partial charge on any atom is 0.355 e. The van der Waals surface area contributed by atoms with Crippen LogP contribution in [-0.2, 0) is 19.1 Å². The van der Waals surface area contributed by atoms with Crippen LogP contribution in [0.25, 0.3) is 5.76 Å². The molecule has 0 unspecified atom stereocenters. The van der Waals surface area contributed by atoms with Crippen molar-refractivity contribution in [2.24, 2.45) is 0 Å². The number of ether oxygens (including phenoxy) is 2. The predicted molar refractivity (Wildman–Crippen MR) is 127 cm³/mol. The van der Waals surface area contributed by atoms with Gasteiger partial charge in [0.1, 0.15) is 17.5 Å². The smallest absolute Gasteiger partial charge is 0.355 e. The summed E-state index contributed by atoms with van der Waals surface area (Å²) in [6.45, 7) is 8.85. The zero-order valence-electron chi connectivity index (χ0n) is 20.2. The predicted octanol–water partition coefficient (Wildman–Crippen LogP) is 1.96. The lowest BCUT2D eigenvalue weighted by molar-refractivity contribution is -0.140. The van der Waals surface area contributed by atoms with E-state index < -0.39 is 23.7 Å². The number of hydrogen-bond acceptors (Lipinski definition) is 8. The van der Waals surface area contributed by atoms with Gasteiger partial charge in [-0.15, -0.1) is 0 Å². The fourth-order valence-electron chi connectivity index (χ4n) is 4.68. The summed E-state index contributed by atoms with van der Waals surface area (Å²) < 4.78 is 10.5. The number of hydrogen-bond donors (Lipinski definition) is 2. The monoisotopic (exact) mass is 482 g/mol. The summed E-state index contributed by atoms with van der Waals surface area (Å²) >= 11 is 0. The molecule has 186 valence electrons. The number of carbonyl (C=O) groups is 3. The number of ketones is 1. The Morgan fingerprint density at radius 3 is 2.63 bits per heavy atom. The van der Waals surface area contributed by atoms with E-state index in [-0.39, 0.29) is 23.6 Å². The van der Waals surface area contributed by atoms with E-state index in [1.54, 1.807) is 45.2 Å². The van der Waals surface area contributed by atoms with Crippen LogP contribution in [0.5, 0.6) is 0 Å². The van der Waals surface area contributed by atoms with Crippen molar-refractivity contribution in [3.63, 3.8) is 0 Å². The van der Waals surface area contributed by atoms with Gasteiger partial charge in [-0.3, -0.25) is 19.5 Å². The standard InChI is InChI=1S/C25H30N4O6/c1-4-35-25(33)20-15(2)18(16(3)27-20)22(30)19-21(17-7-5-6-8-26-17)29(24(32)23(19)31)10-9-28-11-13-34-14-12-28/h5-8,21,27,30H,4,9-14H2,1-3H3/t21-/m1/s1. The van der Waals surface area contributed by atoms with E-state index in [1.165, 1.54) is 4.90 Å². The summed E-state index contributed by atoms with van der Waals surface area (Å²) in [5.41, 5.74) is 1.87. The van der Waals surface area contributed by atoms with Crippen LogP contribution in [0.3, 0.4) is 0 Å². The molecule has 2 N–H and O–H groups in total. The maximum atomic E-state index is 13.3. The molecule has 0 aliphatic carbocycles. The number of aliphatic hydroxyl groups is 1. The fraction of sp³-hybridized carbons (Fsp3) is 0.440. The number of nitrogens with one attached hydrogen (secondary N) is 1. The van der Waals surface area contributed by atoms with Crippen molar-refractivity contribution in [2.75, 3.05) is 46.0 Å². The highest BCUT2D eigenvalue weighted by atomic mass is 16.5. The number of amides is 1. The van der Waals surface area contributed by atoms with Crippen LogP contribution in [0.2, 0.25) is 0 Å². The molecule has 1 atom stereocenters. The number of carbonyl (C=O) groups excluding carboxylic acids is 3. The number of aromatic nitrogens is 2. The molecule has 2 fully saturated rings. The van der Waals surface area contributed by atoms with E-state index in [9.17, 15) is 19.5 Å². The Morgan fingerprint density at radius 1 is 1.23 bits per heavy atom. The molecule has 0 spiro atoms. The number of likely N-dealkylation sites (tertiary alicyclic amines) is 1. The first kappa shape index (κ1) is 24.6. The highest BCUT2D eigenvalue weighted by Gasteiger charge is 2.47. The Labute approximate surface area is 203 Å². The first-order valence-corrected chi connectivity index (χ1v) is 11.7. The summed E-state index contributed by atoms with van der Waals surface area (Å²) in [6, 6.07) is 4.40. The number of aliphatic hydroxyl groups excluding tert-OH is 1. The molecule has 0 bridgehead atoms. The third-order valence-corrected chi connectivity index (χ3v) is 6.42. The van der Waals surface area contributed by atoms with Crippen molar-refractivity contribution in [2.45, 2.75) is 26.8 Å². The second-order valence-electron chi connectivity index (χ2n) is 8.55. The summed E-state index contributed by atoms with van der Waals surface area (Å²) in [5.74, 6) is -2.36. The van der Waals surface area contributed by atoms with E-state index in [0.29, 0.717) is 48.8 Å². The number of morpholine rings is 1. The van der Waals surface area contributed by atoms with Crippen molar-refractivity contribution in [3.05, 3.63) is 58.2 Å².